The third-order valence-electron chi connectivity index (χ3n) is 3.77. The number of nitrogens with zero attached hydrogens (tertiary/aromatic N) is 2. The van der Waals surface area contributed by atoms with Crippen molar-refractivity contribution in [2.45, 2.75) is 20.4 Å². The number of carbonyl (C=O) groups excluding carboxylic acids is 1. The van der Waals surface area contributed by atoms with Gasteiger partial charge in [-0.1, -0.05) is 35.9 Å². The predicted octanol–water partition coefficient (Wildman–Crippen LogP) is 5.00. The van der Waals surface area contributed by atoms with Crippen LogP contribution in [-0.2, 0) is 6.54 Å². The van der Waals surface area contributed by atoms with Crippen LogP contribution in [0.3, 0.4) is 0 Å². The molecule has 0 saturated carbocycles. The molecule has 0 saturated heterocycles. The van der Waals surface area contributed by atoms with Crippen molar-refractivity contribution in [2.24, 2.45) is 0 Å². The third kappa shape index (κ3) is 4.80. The number of halogens is 1. The van der Waals surface area contributed by atoms with E-state index in [1.807, 2.05) is 49.4 Å². The topological polar surface area (TPSA) is 66.9 Å². The smallest absolute Gasteiger partial charge is 0.229 e. The molecule has 0 aliphatic carbocycles. The minimum atomic E-state index is 0.0177. The van der Waals surface area contributed by atoms with Crippen LogP contribution in [-0.4, -0.2) is 15.8 Å². The van der Waals surface area contributed by atoms with Gasteiger partial charge < -0.3 is 10.6 Å². The zero-order valence-corrected chi connectivity index (χ0v) is 15.3. The summed E-state index contributed by atoms with van der Waals surface area (Å²) in [5.41, 5.74) is 3.36. The number of ketones is 1. The molecule has 1 aromatic heterocycles. The van der Waals surface area contributed by atoms with Crippen LogP contribution in [0.25, 0.3) is 0 Å². The summed E-state index contributed by atoms with van der Waals surface area (Å²) < 4.78 is 0. The van der Waals surface area contributed by atoms with E-state index < -0.39 is 0 Å². The second-order valence-electron chi connectivity index (χ2n) is 5.96. The number of nitrogens with one attached hydrogen (secondary N) is 2. The molecule has 0 unspecified atom stereocenters. The highest BCUT2D eigenvalue weighted by molar-refractivity contribution is 6.30. The standard InChI is InChI=1S/C20H19ClN4O/c1-13-10-19(22-12-15-6-8-17(21)9-7-15)25-20(23-13)24-18-5-3-4-16(11-18)14(2)26/h3-11H,12H2,1-2H3,(H2,22,23,24,25). The summed E-state index contributed by atoms with van der Waals surface area (Å²) in [5.74, 6) is 1.21. The number of Topliss-reactive ketones (excluding diaryl/α,β-unsaturated/α-hetero) is 1. The Morgan fingerprint density at radius 2 is 1.85 bits per heavy atom. The Balaban J connectivity index is 1.74. The second-order valence-corrected chi connectivity index (χ2v) is 6.40. The molecule has 0 bridgehead atoms. The fourth-order valence-corrected chi connectivity index (χ4v) is 2.58. The van der Waals surface area contributed by atoms with Gasteiger partial charge in [0.1, 0.15) is 5.82 Å². The van der Waals surface area contributed by atoms with E-state index >= 15 is 0 Å². The highest BCUT2D eigenvalue weighted by Gasteiger charge is 2.05. The maximum Gasteiger partial charge on any atom is 0.229 e. The lowest BCUT2D eigenvalue weighted by Crippen LogP contribution is -2.06. The average molecular weight is 367 g/mol. The molecule has 0 radical (unpaired) electrons. The Kier molecular flexibility index (Phi) is 5.49. The number of aryl methyl sites for hydroxylation is 1. The first kappa shape index (κ1) is 17.9. The van der Waals surface area contributed by atoms with E-state index in [-0.39, 0.29) is 5.78 Å². The van der Waals surface area contributed by atoms with Gasteiger partial charge >= 0.3 is 0 Å². The molecule has 0 aliphatic rings. The van der Waals surface area contributed by atoms with E-state index in [2.05, 4.69) is 20.6 Å². The quantitative estimate of drug-likeness (QED) is 0.601. The first-order valence-electron chi connectivity index (χ1n) is 8.21. The molecule has 0 spiro atoms. The first-order chi connectivity index (χ1) is 12.5. The van der Waals surface area contributed by atoms with Gasteiger partial charge in [-0.15, -0.1) is 0 Å². The van der Waals surface area contributed by atoms with Crippen LogP contribution in [0.2, 0.25) is 5.02 Å². The van der Waals surface area contributed by atoms with Crippen molar-refractivity contribution in [3.05, 3.63) is 76.4 Å². The molecular weight excluding hydrogens is 348 g/mol. The van der Waals surface area contributed by atoms with E-state index in [0.717, 1.165) is 22.8 Å². The summed E-state index contributed by atoms with van der Waals surface area (Å²) in [6.45, 7) is 4.08. The van der Waals surface area contributed by atoms with Gasteiger partial charge in [0.25, 0.3) is 0 Å². The van der Waals surface area contributed by atoms with Gasteiger partial charge in [0.2, 0.25) is 5.95 Å². The number of anilines is 3. The molecule has 2 N–H and O–H groups in total. The Labute approximate surface area is 157 Å². The Bertz CT molecular complexity index is 925. The highest BCUT2D eigenvalue weighted by Crippen LogP contribution is 2.18. The molecular formula is C20H19ClN4O. The Morgan fingerprint density at radius 3 is 2.58 bits per heavy atom. The van der Waals surface area contributed by atoms with Crippen molar-refractivity contribution in [2.75, 3.05) is 10.6 Å². The van der Waals surface area contributed by atoms with Crippen molar-refractivity contribution >= 4 is 34.8 Å². The van der Waals surface area contributed by atoms with Crippen LogP contribution < -0.4 is 10.6 Å². The predicted molar refractivity (Wildman–Crippen MR) is 105 cm³/mol. The van der Waals surface area contributed by atoms with Crippen LogP contribution in [0.4, 0.5) is 17.5 Å². The second kappa shape index (κ2) is 7.97. The zero-order chi connectivity index (χ0) is 18.5. The normalized spacial score (nSPS) is 10.4. The summed E-state index contributed by atoms with van der Waals surface area (Å²) in [6.07, 6.45) is 0. The van der Waals surface area contributed by atoms with Gasteiger partial charge in [-0.2, -0.15) is 4.98 Å². The van der Waals surface area contributed by atoms with Crippen molar-refractivity contribution in [1.29, 1.82) is 0 Å². The number of hydrogen-bond acceptors (Lipinski definition) is 5. The van der Waals surface area contributed by atoms with Crippen LogP contribution >= 0.6 is 11.6 Å². The minimum absolute atomic E-state index is 0.0177. The fraction of sp³-hybridized carbons (Fsp3) is 0.150. The molecule has 3 rings (SSSR count). The fourth-order valence-electron chi connectivity index (χ4n) is 2.45. The summed E-state index contributed by atoms with van der Waals surface area (Å²) in [7, 11) is 0. The first-order valence-corrected chi connectivity index (χ1v) is 8.59. The van der Waals surface area contributed by atoms with Crippen molar-refractivity contribution in [3.63, 3.8) is 0 Å². The van der Waals surface area contributed by atoms with E-state index in [1.54, 1.807) is 19.1 Å². The van der Waals surface area contributed by atoms with Gasteiger partial charge in [-0.3, -0.25) is 4.79 Å². The van der Waals surface area contributed by atoms with Gasteiger partial charge in [0.05, 0.1) is 0 Å². The number of aromatic nitrogens is 2. The summed E-state index contributed by atoms with van der Waals surface area (Å²) >= 11 is 5.91. The molecule has 3 aromatic rings. The molecule has 6 heteroatoms. The van der Waals surface area contributed by atoms with Gasteiger partial charge in [0.15, 0.2) is 5.78 Å². The number of hydrogen-bond donors (Lipinski definition) is 2. The van der Waals surface area contributed by atoms with Crippen LogP contribution in [0.5, 0.6) is 0 Å². The molecule has 132 valence electrons. The van der Waals surface area contributed by atoms with Crippen LogP contribution in [0.15, 0.2) is 54.6 Å². The zero-order valence-electron chi connectivity index (χ0n) is 14.6. The number of carbonyl (C=O) groups is 1. The highest BCUT2D eigenvalue weighted by atomic mass is 35.5. The average Bonchev–Trinajstić information content (AvgIpc) is 2.61. The van der Waals surface area contributed by atoms with E-state index in [1.165, 1.54) is 0 Å². The van der Waals surface area contributed by atoms with Gasteiger partial charge in [-0.25, -0.2) is 4.98 Å². The maximum absolute atomic E-state index is 11.5. The third-order valence-corrected chi connectivity index (χ3v) is 4.02. The van der Waals surface area contributed by atoms with E-state index in [0.29, 0.717) is 23.1 Å². The monoisotopic (exact) mass is 366 g/mol. The van der Waals surface area contributed by atoms with Crippen molar-refractivity contribution in [3.8, 4) is 0 Å². The summed E-state index contributed by atoms with van der Waals surface area (Å²) in [4.78, 5) is 20.4. The Hall–Kier alpha value is -2.92. The Morgan fingerprint density at radius 1 is 1.08 bits per heavy atom. The lowest BCUT2D eigenvalue weighted by atomic mass is 10.1. The lowest BCUT2D eigenvalue weighted by Gasteiger charge is -2.10. The molecule has 5 nitrogen and oxygen atoms in total. The molecule has 0 aliphatic heterocycles. The summed E-state index contributed by atoms with van der Waals surface area (Å²) in [6, 6.07) is 16.8. The minimum Gasteiger partial charge on any atom is -0.366 e. The number of benzene rings is 2. The molecule has 26 heavy (non-hydrogen) atoms. The summed E-state index contributed by atoms with van der Waals surface area (Å²) in [5, 5.41) is 7.16. The van der Waals surface area contributed by atoms with Crippen molar-refractivity contribution in [1.82, 2.24) is 9.97 Å². The van der Waals surface area contributed by atoms with Gasteiger partial charge in [-0.05, 0) is 43.7 Å². The van der Waals surface area contributed by atoms with Crippen LogP contribution in [0.1, 0.15) is 28.5 Å². The maximum atomic E-state index is 11.5. The van der Waals surface area contributed by atoms with Gasteiger partial charge in [0, 0.05) is 34.6 Å². The van der Waals surface area contributed by atoms with Crippen LogP contribution in [0, 0.1) is 6.92 Å². The largest absolute Gasteiger partial charge is 0.366 e. The SMILES string of the molecule is CC(=O)c1cccc(Nc2nc(C)cc(NCc3ccc(Cl)cc3)n2)c1. The van der Waals surface area contributed by atoms with E-state index in [4.69, 9.17) is 11.6 Å². The molecule has 0 amide bonds. The molecule has 2 aromatic carbocycles. The van der Waals surface area contributed by atoms with E-state index in [9.17, 15) is 4.79 Å². The number of rotatable bonds is 6. The molecule has 0 atom stereocenters. The molecule has 0 fully saturated rings. The lowest BCUT2D eigenvalue weighted by molar-refractivity contribution is 0.101. The molecule has 1 heterocycles. The van der Waals surface area contributed by atoms with Crippen molar-refractivity contribution < 1.29 is 4.79 Å².